The molecule has 1 saturated heterocycles. The first-order chi connectivity index (χ1) is 12.5. The minimum absolute atomic E-state index is 0.0560. The van der Waals surface area contributed by atoms with Crippen molar-refractivity contribution in [2.45, 2.75) is 60.3 Å². The molecule has 0 aliphatic carbocycles. The van der Waals surface area contributed by atoms with Crippen LogP contribution in [0.3, 0.4) is 0 Å². The summed E-state index contributed by atoms with van der Waals surface area (Å²) in [5, 5.41) is 3.20. The molecule has 26 heavy (non-hydrogen) atoms. The standard InChI is InChI=1S/C17H20ClNO3.2C2H6/c1-4-12-13(7-8-14(18)16(12)22-3)15(20)9-11-6-5-10(2)19-17(11)21;2*1-2/h7-8,11H,2,4-6,9H2,1,3H3,(H,19,21);2*1-2H3. The molecule has 1 fully saturated rings. The highest BCUT2D eigenvalue weighted by atomic mass is 35.5. The quantitative estimate of drug-likeness (QED) is 0.677. The van der Waals surface area contributed by atoms with E-state index < -0.39 is 0 Å². The number of rotatable bonds is 5. The van der Waals surface area contributed by atoms with Crippen LogP contribution in [0.2, 0.25) is 5.02 Å². The molecule has 0 spiro atoms. The SMILES string of the molecule is C=C1CCC(CC(=O)c2ccc(Cl)c(OC)c2CC)C(=O)N1.CC.CC. The Balaban J connectivity index is 0.00000146. The van der Waals surface area contributed by atoms with Gasteiger partial charge < -0.3 is 10.1 Å². The average molecular weight is 382 g/mol. The van der Waals surface area contributed by atoms with Crippen LogP contribution in [0.15, 0.2) is 24.4 Å². The van der Waals surface area contributed by atoms with Crippen molar-refractivity contribution < 1.29 is 14.3 Å². The zero-order valence-electron chi connectivity index (χ0n) is 16.9. The van der Waals surface area contributed by atoms with Crippen LogP contribution >= 0.6 is 11.6 Å². The van der Waals surface area contributed by atoms with Gasteiger partial charge in [-0.1, -0.05) is 52.8 Å². The van der Waals surface area contributed by atoms with E-state index >= 15 is 0 Å². The minimum atomic E-state index is -0.302. The van der Waals surface area contributed by atoms with E-state index in [0.29, 0.717) is 35.6 Å². The molecule has 1 N–H and O–H groups in total. The van der Waals surface area contributed by atoms with Gasteiger partial charge >= 0.3 is 0 Å². The van der Waals surface area contributed by atoms with Crippen LogP contribution in [-0.2, 0) is 11.2 Å². The molecule has 1 unspecified atom stereocenters. The Kier molecular flexibility index (Phi) is 11.7. The number of ether oxygens (including phenoxy) is 1. The first kappa shape index (κ1) is 24.2. The Morgan fingerprint density at radius 1 is 1.31 bits per heavy atom. The van der Waals surface area contributed by atoms with Crippen molar-refractivity contribution in [2.24, 2.45) is 5.92 Å². The fourth-order valence-electron chi connectivity index (χ4n) is 2.78. The third kappa shape index (κ3) is 6.17. The smallest absolute Gasteiger partial charge is 0.227 e. The molecule has 4 nitrogen and oxygen atoms in total. The van der Waals surface area contributed by atoms with Crippen LogP contribution in [-0.4, -0.2) is 18.8 Å². The highest BCUT2D eigenvalue weighted by molar-refractivity contribution is 6.32. The van der Waals surface area contributed by atoms with Crippen molar-refractivity contribution in [3.05, 3.63) is 40.6 Å². The topological polar surface area (TPSA) is 55.4 Å². The van der Waals surface area contributed by atoms with Crippen LogP contribution < -0.4 is 10.1 Å². The van der Waals surface area contributed by atoms with E-state index in [1.54, 1.807) is 12.1 Å². The van der Waals surface area contributed by atoms with Gasteiger partial charge in [-0.05, 0) is 31.4 Å². The summed E-state index contributed by atoms with van der Waals surface area (Å²) in [5.41, 5.74) is 2.10. The maximum Gasteiger partial charge on any atom is 0.227 e. The predicted molar refractivity (Wildman–Crippen MR) is 109 cm³/mol. The molecule has 1 amide bonds. The van der Waals surface area contributed by atoms with Crippen molar-refractivity contribution in [1.29, 1.82) is 0 Å². The van der Waals surface area contributed by atoms with Crippen LogP contribution in [0.25, 0.3) is 0 Å². The molecule has 2 rings (SSSR count). The molecule has 5 heteroatoms. The fourth-order valence-corrected chi connectivity index (χ4v) is 3.03. The molecular formula is C21H32ClNO3. The molecule has 0 aromatic heterocycles. The normalized spacial score (nSPS) is 15.7. The molecule has 0 radical (unpaired) electrons. The van der Waals surface area contributed by atoms with Gasteiger partial charge in [0, 0.05) is 29.2 Å². The summed E-state index contributed by atoms with van der Waals surface area (Å²) in [6.07, 6.45) is 2.20. The first-order valence-corrected chi connectivity index (χ1v) is 9.72. The molecule has 1 heterocycles. The van der Waals surface area contributed by atoms with Gasteiger partial charge in [0.25, 0.3) is 0 Å². The van der Waals surface area contributed by atoms with Gasteiger partial charge in [-0.25, -0.2) is 0 Å². The lowest BCUT2D eigenvalue weighted by Crippen LogP contribution is -2.35. The molecule has 1 atom stereocenters. The van der Waals surface area contributed by atoms with Crippen molar-refractivity contribution in [3.63, 3.8) is 0 Å². The average Bonchev–Trinajstić information content (AvgIpc) is 2.66. The second-order valence-electron chi connectivity index (χ2n) is 5.42. The van der Waals surface area contributed by atoms with Crippen molar-refractivity contribution >= 4 is 23.3 Å². The summed E-state index contributed by atoms with van der Waals surface area (Å²) < 4.78 is 5.31. The Labute approximate surface area is 163 Å². The number of piperidine rings is 1. The Morgan fingerprint density at radius 2 is 1.92 bits per heavy atom. The molecule has 1 aliphatic rings. The van der Waals surface area contributed by atoms with E-state index in [-0.39, 0.29) is 24.0 Å². The Morgan fingerprint density at radius 3 is 2.42 bits per heavy atom. The van der Waals surface area contributed by atoms with Crippen LogP contribution in [0.5, 0.6) is 5.75 Å². The number of carbonyl (C=O) groups excluding carboxylic acids is 2. The second-order valence-corrected chi connectivity index (χ2v) is 5.82. The number of ketones is 1. The summed E-state index contributed by atoms with van der Waals surface area (Å²) in [5.74, 6) is 0.0592. The maximum absolute atomic E-state index is 12.6. The second kappa shape index (κ2) is 12.5. The number of methoxy groups -OCH3 is 1. The van der Waals surface area contributed by atoms with Crippen LogP contribution in [0, 0.1) is 5.92 Å². The summed E-state index contributed by atoms with van der Waals surface area (Å²) >= 11 is 6.11. The summed E-state index contributed by atoms with van der Waals surface area (Å²) in [6.45, 7) is 13.7. The van der Waals surface area contributed by atoms with Crippen molar-refractivity contribution in [1.82, 2.24) is 5.32 Å². The number of halogens is 1. The summed E-state index contributed by atoms with van der Waals surface area (Å²) in [4.78, 5) is 24.5. The molecule has 146 valence electrons. The fraction of sp³-hybridized carbons (Fsp3) is 0.524. The highest BCUT2D eigenvalue weighted by Gasteiger charge is 2.28. The van der Waals surface area contributed by atoms with Crippen molar-refractivity contribution in [2.75, 3.05) is 7.11 Å². The zero-order valence-corrected chi connectivity index (χ0v) is 17.6. The van der Waals surface area contributed by atoms with Gasteiger partial charge in [0.05, 0.1) is 12.1 Å². The number of nitrogens with one attached hydrogen (secondary N) is 1. The monoisotopic (exact) mass is 381 g/mol. The number of Topliss-reactive ketones (excluding diaryl/α,β-unsaturated/α-hetero) is 1. The van der Waals surface area contributed by atoms with Gasteiger partial charge in [0.15, 0.2) is 5.78 Å². The van der Waals surface area contributed by atoms with E-state index in [4.69, 9.17) is 16.3 Å². The van der Waals surface area contributed by atoms with E-state index in [0.717, 1.165) is 11.3 Å². The number of hydrogen-bond acceptors (Lipinski definition) is 3. The number of amides is 1. The largest absolute Gasteiger partial charge is 0.495 e. The van der Waals surface area contributed by atoms with Gasteiger partial charge in [0.2, 0.25) is 5.91 Å². The summed E-state index contributed by atoms with van der Waals surface area (Å²) in [6, 6.07) is 3.38. The lowest BCUT2D eigenvalue weighted by Gasteiger charge is -2.23. The molecular weight excluding hydrogens is 350 g/mol. The van der Waals surface area contributed by atoms with Crippen LogP contribution in [0.1, 0.15) is 69.8 Å². The Hall–Kier alpha value is -1.81. The Bertz CT molecular complexity index is 626. The molecule has 1 aromatic rings. The molecule has 1 aromatic carbocycles. The molecule has 0 saturated carbocycles. The van der Waals surface area contributed by atoms with E-state index in [2.05, 4.69) is 11.9 Å². The van der Waals surface area contributed by atoms with Gasteiger partial charge in [-0.15, -0.1) is 0 Å². The van der Waals surface area contributed by atoms with Crippen LogP contribution in [0.4, 0.5) is 0 Å². The van der Waals surface area contributed by atoms with Crippen molar-refractivity contribution in [3.8, 4) is 5.75 Å². The highest BCUT2D eigenvalue weighted by Crippen LogP contribution is 2.33. The van der Waals surface area contributed by atoms with E-state index in [1.165, 1.54) is 7.11 Å². The number of hydrogen-bond donors (Lipinski definition) is 1. The third-order valence-electron chi connectivity index (χ3n) is 3.97. The minimum Gasteiger partial charge on any atom is -0.495 e. The molecule has 1 aliphatic heterocycles. The number of benzene rings is 1. The maximum atomic E-state index is 12.6. The summed E-state index contributed by atoms with van der Waals surface area (Å²) in [7, 11) is 1.54. The van der Waals surface area contributed by atoms with E-state index in [1.807, 2.05) is 34.6 Å². The van der Waals surface area contributed by atoms with Gasteiger partial charge in [-0.2, -0.15) is 0 Å². The zero-order chi connectivity index (χ0) is 20.3. The number of carbonyl (C=O) groups is 2. The van der Waals surface area contributed by atoms with Gasteiger partial charge in [-0.3, -0.25) is 9.59 Å². The van der Waals surface area contributed by atoms with E-state index in [9.17, 15) is 9.59 Å². The lowest BCUT2D eigenvalue weighted by atomic mass is 9.88. The lowest BCUT2D eigenvalue weighted by molar-refractivity contribution is -0.125. The third-order valence-corrected chi connectivity index (χ3v) is 4.27. The molecule has 0 bridgehead atoms. The predicted octanol–water partition coefficient (Wildman–Crippen LogP) is 5.58. The first-order valence-electron chi connectivity index (χ1n) is 9.35. The van der Waals surface area contributed by atoms with Gasteiger partial charge in [0.1, 0.15) is 5.75 Å². The number of allylic oxidation sites excluding steroid dienone is 1.